The summed E-state index contributed by atoms with van der Waals surface area (Å²) in [5.41, 5.74) is 1.66. The SMILES string of the molecule is CC(C)CN(CC(=O)Nc1cccc(C(=O)NC2CC2)c1)CC(O)c1ccc(F)cc1. The predicted octanol–water partition coefficient (Wildman–Crippen LogP) is 3.35. The summed E-state index contributed by atoms with van der Waals surface area (Å²) in [4.78, 5) is 26.7. The first-order chi connectivity index (χ1) is 14.8. The normalized spacial score (nSPS) is 14.5. The second-order valence-corrected chi connectivity index (χ2v) is 8.53. The molecule has 0 aromatic heterocycles. The Labute approximate surface area is 182 Å². The van der Waals surface area contributed by atoms with Crippen LogP contribution in [0.25, 0.3) is 0 Å². The summed E-state index contributed by atoms with van der Waals surface area (Å²) in [6.45, 7) is 5.04. The zero-order valence-electron chi connectivity index (χ0n) is 18.0. The zero-order chi connectivity index (χ0) is 22.4. The van der Waals surface area contributed by atoms with Crippen LogP contribution in [-0.2, 0) is 4.79 Å². The summed E-state index contributed by atoms with van der Waals surface area (Å²) in [7, 11) is 0. The highest BCUT2D eigenvalue weighted by Gasteiger charge is 2.24. The smallest absolute Gasteiger partial charge is 0.251 e. The van der Waals surface area contributed by atoms with E-state index in [1.54, 1.807) is 36.4 Å². The number of nitrogens with zero attached hydrogens (tertiary/aromatic N) is 1. The third-order valence-corrected chi connectivity index (χ3v) is 5.00. The molecule has 2 aromatic rings. The minimum Gasteiger partial charge on any atom is -0.387 e. The molecule has 1 aliphatic rings. The molecular weight excluding hydrogens is 397 g/mol. The molecule has 0 radical (unpaired) electrons. The maximum absolute atomic E-state index is 13.1. The molecule has 166 valence electrons. The van der Waals surface area contributed by atoms with Crippen molar-refractivity contribution in [2.75, 3.05) is 25.0 Å². The molecule has 3 N–H and O–H groups in total. The first-order valence-corrected chi connectivity index (χ1v) is 10.7. The molecule has 0 heterocycles. The number of aliphatic hydroxyl groups excluding tert-OH is 1. The Bertz CT molecular complexity index is 897. The molecule has 2 aromatic carbocycles. The van der Waals surface area contributed by atoms with Crippen molar-refractivity contribution in [2.24, 2.45) is 5.92 Å². The van der Waals surface area contributed by atoms with Crippen LogP contribution in [0.4, 0.5) is 10.1 Å². The summed E-state index contributed by atoms with van der Waals surface area (Å²) in [5, 5.41) is 16.3. The molecular formula is C24H30FN3O3. The van der Waals surface area contributed by atoms with Gasteiger partial charge in [-0.2, -0.15) is 0 Å². The number of aliphatic hydroxyl groups is 1. The number of carbonyl (C=O) groups is 2. The molecule has 0 saturated heterocycles. The second kappa shape index (κ2) is 10.5. The largest absolute Gasteiger partial charge is 0.387 e. The van der Waals surface area contributed by atoms with Crippen molar-refractivity contribution in [2.45, 2.75) is 38.8 Å². The van der Waals surface area contributed by atoms with Gasteiger partial charge in [0.2, 0.25) is 5.91 Å². The Morgan fingerprint density at radius 2 is 1.84 bits per heavy atom. The number of benzene rings is 2. The van der Waals surface area contributed by atoms with Crippen molar-refractivity contribution >= 4 is 17.5 Å². The first kappa shape index (κ1) is 22.9. The lowest BCUT2D eigenvalue weighted by atomic mass is 10.1. The van der Waals surface area contributed by atoms with Crippen molar-refractivity contribution in [1.82, 2.24) is 10.2 Å². The van der Waals surface area contributed by atoms with Crippen molar-refractivity contribution in [1.29, 1.82) is 0 Å². The maximum atomic E-state index is 13.1. The van der Waals surface area contributed by atoms with Gasteiger partial charge in [0, 0.05) is 30.4 Å². The van der Waals surface area contributed by atoms with E-state index in [-0.39, 0.29) is 36.8 Å². The zero-order valence-corrected chi connectivity index (χ0v) is 18.0. The van der Waals surface area contributed by atoms with Gasteiger partial charge in [-0.3, -0.25) is 14.5 Å². The number of halogens is 1. The van der Waals surface area contributed by atoms with Crippen LogP contribution in [0.15, 0.2) is 48.5 Å². The molecule has 1 aliphatic carbocycles. The van der Waals surface area contributed by atoms with E-state index in [0.717, 1.165) is 12.8 Å². The van der Waals surface area contributed by atoms with Gasteiger partial charge in [-0.25, -0.2) is 4.39 Å². The molecule has 0 spiro atoms. The van der Waals surface area contributed by atoms with E-state index in [0.29, 0.717) is 29.3 Å². The van der Waals surface area contributed by atoms with E-state index in [4.69, 9.17) is 0 Å². The third-order valence-electron chi connectivity index (χ3n) is 5.00. The minimum absolute atomic E-state index is 0.0922. The molecule has 2 amide bonds. The van der Waals surface area contributed by atoms with Gasteiger partial charge in [0.1, 0.15) is 5.82 Å². The summed E-state index contributed by atoms with van der Waals surface area (Å²) in [5.74, 6) is -0.431. The van der Waals surface area contributed by atoms with E-state index >= 15 is 0 Å². The summed E-state index contributed by atoms with van der Waals surface area (Å²) >= 11 is 0. The first-order valence-electron chi connectivity index (χ1n) is 10.7. The average molecular weight is 428 g/mol. The monoisotopic (exact) mass is 427 g/mol. The third kappa shape index (κ3) is 7.45. The Hall–Kier alpha value is -2.77. The van der Waals surface area contributed by atoms with E-state index in [9.17, 15) is 19.1 Å². The van der Waals surface area contributed by atoms with Gasteiger partial charge in [0.15, 0.2) is 0 Å². The lowest BCUT2D eigenvalue weighted by Gasteiger charge is -2.26. The fourth-order valence-corrected chi connectivity index (χ4v) is 3.39. The average Bonchev–Trinajstić information content (AvgIpc) is 3.52. The fourth-order valence-electron chi connectivity index (χ4n) is 3.39. The van der Waals surface area contributed by atoms with Crippen LogP contribution in [0.1, 0.15) is 48.7 Å². The minimum atomic E-state index is -0.832. The van der Waals surface area contributed by atoms with Crippen molar-refractivity contribution in [3.8, 4) is 0 Å². The Balaban J connectivity index is 1.59. The molecule has 0 aliphatic heterocycles. The van der Waals surface area contributed by atoms with Gasteiger partial charge in [-0.1, -0.05) is 32.0 Å². The molecule has 1 atom stereocenters. The van der Waals surface area contributed by atoms with Crippen LogP contribution in [0.3, 0.4) is 0 Å². The van der Waals surface area contributed by atoms with Gasteiger partial charge in [0.05, 0.1) is 12.6 Å². The van der Waals surface area contributed by atoms with Gasteiger partial charge in [-0.15, -0.1) is 0 Å². The Kier molecular flexibility index (Phi) is 7.76. The second-order valence-electron chi connectivity index (χ2n) is 8.53. The highest BCUT2D eigenvalue weighted by Crippen LogP contribution is 2.20. The van der Waals surface area contributed by atoms with Crippen molar-refractivity contribution < 1.29 is 19.1 Å². The van der Waals surface area contributed by atoms with Crippen LogP contribution < -0.4 is 10.6 Å². The van der Waals surface area contributed by atoms with Crippen LogP contribution in [0, 0.1) is 11.7 Å². The van der Waals surface area contributed by atoms with Crippen LogP contribution in [-0.4, -0.2) is 47.5 Å². The van der Waals surface area contributed by atoms with Crippen LogP contribution in [0.5, 0.6) is 0 Å². The predicted molar refractivity (Wildman–Crippen MR) is 118 cm³/mol. The number of anilines is 1. The number of carbonyl (C=O) groups excluding carboxylic acids is 2. The van der Waals surface area contributed by atoms with Crippen LogP contribution >= 0.6 is 0 Å². The van der Waals surface area contributed by atoms with Crippen LogP contribution in [0.2, 0.25) is 0 Å². The summed E-state index contributed by atoms with van der Waals surface area (Å²) in [6, 6.07) is 12.8. The fraction of sp³-hybridized carbons (Fsp3) is 0.417. The van der Waals surface area contributed by atoms with E-state index < -0.39 is 6.10 Å². The Morgan fingerprint density at radius 3 is 2.48 bits per heavy atom. The highest BCUT2D eigenvalue weighted by atomic mass is 19.1. The summed E-state index contributed by atoms with van der Waals surface area (Å²) < 4.78 is 13.1. The molecule has 1 unspecified atom stereocenters. The lowest BCUT2D eigenvalue weighted by Crippen LogP contribution is -2.38. The topological polar surface area (TPSA) is 81.7 Å². The quantitative estimate of drug-likeness (QED) is 0.543. The standard InChI is InChI=1S/C24H30FN3O3/c1-16(2)13-28(14-22(29)17-6-8-19(25)9-7-17)15-23(30)26-21-5-3-4-18(12-21)24(31)27-20-10-11-20/h3-9,12,16,20,22,29H,10-11,13-15H2,1-2H3,(H,26,30)(H,27,31). The molecule has 0 bridgehead atoms. The number of rotatable bonds is 10. The van der Waals surface area contributed by atoms with E-state index in [1.807, 2.05) is 18.7 Å². The van der Waals surface area contributed by atoms with Gasteiger partial charge in [-0.05, 0) is 54.7 Å². The van der Waals surface area contributed by atoms with E-state index in [2.05, 4.69) is 10.6 Å². The molecule has 1 fully saturated rings. The van der Waals surface area contributed by atoms with Crippen molar-refractivity contribution in [3.05, 3.63) is 65.5 Å². The van der Waals surface area contributed by atoms with E-state index in [1.165, 1.54) is 12.1 Å². The Morgan fingerprint density at radius 1 is 1.13 bits per heavy atom. The number of hydrogen-bond acceptors (Lipinski definition) is 4. The van der Waals surface area contributed by atoms with Gasteiger partial charge in [0.25, 0.3) is 5.91 Å². The molecule has 6 nitrogen and oxygen atoms in total. The number of nitrogens with one attached hydrogen (secondary N) is 2. The lowest BCUT2D eigenvalue weighted by molar-refractivity contribution is -0.117. The number of hydrogen-bond donors (Lipinski definition) is 3. The number of amides is 2. The van der Waals surface area contributed by atoms with Gasteiger partial charge < -0.3 is 15.7 Å². The molecule has 31 heavy (non-hydrogen) atoms. The maximum Gasteiger partial charge on any atom is 0.251 e. The molecule has 3 rings (SSSR count). The molecule has 1 saturated carbocycles. The van der Waals surface area contributed by atoms with Gasteiger partial charge >= 0.3 is 0 Å². The highest BCUT2D eigenvalue weighted by molar-refractivity contribution is 5.97. The van der Waals surface area contributed by atoms with Crippen molar-refractivity contribution in [3.63, 3.8) is 0 Å². The molecule has 7 heteroatoms. The summed E-state index contributed by atoms with van der Waals surface area (Å²) in [6.07, 6.45) is 1.19.